The van der Waals surface area contributed by atoms with E-state index in [2.05, 4.69) is 6.92 Å². The Morgan fingerprint density at radius 1 is 1.31 bits per heavy atom. The predicted octanol–water partition coefficient (Wildman–Crippen LogP) is 2.90. The molecular weight excluding hydrogens is 224 g/mol. The first-order chi connectivity index (χ1) is 7.41. The van der Waals surface area contributed by atoms with E-state index in [-0.39, 0.29) is 22.5 Å². The second-order valence-corrected chi connectivity index (χ2v) is 6.40. The Balaban J connectivity index is 2.38. The molecule has 2 rings (SSSR count). The maximum Gasteiger partial charge on any atom is 0.137 e. The highest BCUT2D eigenvalue weighted by molar-refractivity contribution is 6.22. The minimum atomic E-state index is -0.859. The highest BCUT2D eigenvalue weighted by atomic mass is 35.5. The average Bonchev–Trinajstić information content (AvgIpc) is 2.19. The smallest absolute Gasteiger partial charge is 0.137 e. The molecule has 2 nitrogen and oxygen atoms in total. The van der Waals surface area contributed by atoms with Gasteiger partial charge in [-0.05, 0) is 38.0 Å². The van der Waals surface area contributed by atoms with Crippen molar-refractivity contribution in [2.75, 3.05) is 0 Å². The van der Waals surface area contributed by atoms with E-state index in [9.17, 15) is 9.90 Å². The summed E-state index contributed by atoms with van der Waals surface area (Å²) >= 11 is 6.27. The van der Waals surface area contributed by atoms with E-state index in [0.717, 1.165) is 38.5 Å². The van der Waals surface area contributed by atoms with Gasteiger partial charge in [0, 0.05) is 5.38 Å². The number of hydrogen-bond acceptors (Lipinski definition) is 2. The molecule has 3 heteroatoms. The number of ketones is 1. The van der Waals surface area contributed by atoms with Gasteiger partial charge in [-0.25, -0.2) is 0 Å². The number of carbonyl (C=O) groups excluding carboxylic acids is 1. The summed E-state index contributed by atoms with van der Waals surface area (Å²) < 4.78 is 0. The van der Waals surface area contributed by atoms with Crippen molar-refractivity contribution in [1.82, 2.24) is 0 Å². The maximum atomic E-state index is 11.8. The number of carbonyl (C=O) groups is 1. The van der Waals surface area contributed by atoms with Crippen molar-refractivity contribution in [3.63, 3.8) is 0 Å². The van der Waals surface area contributed by atoms with Crippen LogP contribution in [0.5, 0.6) is 0 Å². The molecule has 2 saturated carbocycles. The molecule has 0 heterocycles. The Bertz CT molecular complexity index is 304. The van der Waals surface area contributed by atoms with Crippen molar-refractivity contribution < 1.29 is 9.90 Å². The summed E-state index contributed by atoms with van der Waals surface area (Å²) in [5.74, 6) is -0.316. The summed E-state index contributed by atoms with van der Waals surface area (Å²) in [6.07, 6.45) is 5.73. The Morgan fingerprint density at radius 2 is 1.94 bits per heavy atom. The van der Waals surface area contributed by atoms with Crippen LogP contribution in [0.2, 0.25) is 0 Å². The maximum absolute atomic E-state index is 11.8. The second kappa shape index (κ2) is 3.99. The molecule has 4 atom stereocenters. The fourth-order valence-electron chi connectivity index (χ4n) is 3.81. The highest BCUT2D eigenvalue weighted by Gasteiger charge is 2.58. The lowest BCUT2D eigenvalue weighted by Crippen LogP contribution is -2.61. The number of halogens is 1. The molecular formula is C13H21ClO2. The molecule has 0 saturated heterocycles. The van der Waals surface area contributed by atoms with Gasteiger partial charge in [0.1, 0.15) is 5.78 Å². The summed E-state index contributed by atoms with van der Waals surface area (Å²) in [5, 5.41) is 10.8. The van der Waals surface area contributed by atoms with Crippen LogP contribution in [0.4, 0.5) is 0 Å². The Kier molecular flexibility index (Phi) is 3.09. The highest BCUT2D eigenvalue weighted by Crippen LogP contribution is 2.56. The summed E-state index contributed by atoms with van der Waals surface area (Å²) in [5.41, 5.74) is -0.964. The van der Waals surface area contributed by atoms with Gasteiger partial charge in [0.2, 0.25) is 0 Å². The van der Waals surface area contributed by atoms with Crippen molar-refractivity contribution >= 4 is 17.4 Å². The zero-order valence-electron chi connectivity index (χ0n) is 10.1. The molecule has 92 valence electrons. The van der Waals surface area contributed by atoms with Gasteiger partial charge in [0.25, 0.3) is 0 Å². The number of fused-ring (bicyclic) bond motifs is 1. The summed E-state index contributed by atoms with van der Waals surface area (Å²) in [7, 11) is 0. The fourth-order valence-corrected chi connectivity index (χ4v) is 4.31. The molecule has 2 aliphatic rings. The van der Waals surface area contributed by atoms with Crippen molar-refractivity contribution in [1.29, 1.82) is 0 Å². The molecule has 1 N–H and O–H groups in total. The molecule has 0 aliphatic heterocycles. The number of rotatable bonds is 1. The minimum Gasteiger partial charge on any atom is -0.389 e. The Labute approximate surface area is 102 Å². The van der Waals surface area contributed by atoms with Crippen LogP contribution in [-0.4, -0.2) is 21.9 Å². The lowest BCUT2D eigenvalue weighted by molar-refractivity contribution is -0.175. The van der Waals surface area contributed by atoms with Crippen LogP contribution in [0.25, 0.3) is 0 Å². The topological polar surface area (TPSA) is 37.3 Å². The van der Waals surface area contributed by atoms with Gasteiger partial charge >= 0.3 is 0 Å². The first-order valence-corrected chi connectivity index (χ1v) is 6.71. The normalized spacial score (nSPS) is 48.5. The van der Waals surface area contributed by atoms with E-state index >= 15 is 0 Å². The van der Waals surface area contributed by atoms with E-state index in [1.54, 1.807) is 6.92 Å². The third kappa shape index (κ3) is 1.62. The van der Waals surface area contributed by atoms with Crippen LogP contribution in [0, 0.1) is 11.3 Å². The van der Waals surface area contributed by atoms with Crippen LogP contribution >= 0.6 is 11.6 Å². The van der Waals surface area contributed by atoms with Gasteiger partial charge < -0.3 is 5.11 Å². The third-order valence-electron chi connectivity index (χ3n) is 4.87. The first kappa shape index (κ1) is 12.4. The average molecular weight is 245 g/mol. The molecule has 0 radical (unpaired) electrons. The van der Waals surface area contributed by atoms with Gasteiger partial charge in [-0.15, -0.1) is 11.6 Å². The lowest BCUT2D eigenvalue weighted by Gasteiger charge is -2.56. The SMILES string of the molecule is CC(=O)[C@H]1[C@H](Cl)CC[C@@]2(C)CCCC[C@]12O. The predicted molar refractivity (Wildman–Crippen MR) is 64.6 cm³/mol. The molecule has 0 amide bonds. The van der Waals surface area contributed by atoms with Gasteiger partial charge in [0.05, 0.1) is 11.5 Å². The number of alkyl halides is 1. The molecule has 0 aromatic heterocycles. The van der Waals surface area contributed by atoms with Crippen LogP contribution in [0.15, 0.2) is 0 Å². The molecule has 0 unspecified atom stereocenters. The van der Waals surface area contributed by atoms with Crippen LogP contribution in [0.3, 0.4) is 0 Å². The van der Waals surface area contributed by atoms with Gasteiger partial charge in [0.15, 0.2) is 0 Å². The Hall–Kier alpha value is -0.0800. The second-order valence-electron chi connectivity index (χ2n) is 5.84. The molecule has 0 aromatic carbocycles. The molecule has 0 bridgehead atoms. The first-order valence-electron chi connectivity index (χ1n) is 6.28. The van der Waals surface area contributed by atoms with E-state index in [1.165, 1.54) is 0 Å². The van der Waals surface area contributed by atoms with Crippen molar-refractivity contribution in [3.05, 3.63) is 0 Å². The summed E-state index contributed by atoms with van der Waals surface area (Å²) in [6.45, 7) is 3.70. The number of Topliss-reactive ketones (excluding diaryl/α,β-unsaturated/α-hetero) is 1. The van der Waals surface area contributed by atoms with Crippen molar-refractivity contribution in [2.45, 2.75) is 63.4 Å². The molecule has 0 aromatic rings. The molecule has 2 fully saturated rings. The monoisotopic (exact) mass is 244 g/mol. The van der Waals surface area contributed by atoms with Gasteiger partial charge in [-0.2, -0.15) is 0 Å². The van der Waals surface area contributed by atoms with Crippen LogP contribution in [0.1, 0.15) is 52.4 Å². The van der Waals surface area contributed by atoms with E-state index < -0.39 is 5.60 Å². The van der Waals surface area contributed by atoms with Gasteiger partial charge in [-0.3, -0.25) is 4.79 Å². The van der Waals surface area contributed by atoms with E-state index in [0.29, 0.717) is 0 Å². The third-order valence-corrected chi connectivity index (χ3v) is 5.34. The summed E-state index contributed by atoms with van der Waals surface area (Å²) in [6, 6.07) is 0. The zero-order chi connectivity index (χ0) is 12.0. The minimum absolute atomic E-state index is 0.0512. The molecule has 2 aliphatic carbocycles. The van der Waals surface area contributed by atoms with E-state index in [4.69, 9.17) is 11.6 Å². The van der Waals surface area contributed by atoms with Crippen LogP contribution in [-0.2, 0) is 4.79 Å². The lowest BCUT2D eigenvalue weighted by atomic mass is 9.53. The zero-order valence-corrected chi connectivity index (χ0v) is 10.9. The quantitative estimate of drug-likeness (QED) is 0.721. The van der Waals surface area contributed by atoms with Crippen molar-refractivity contribution in [3.8, 4) is 0 Å². The van der Waals surface area contributed by atoms with Crippen molar-refractivity contribution in [2.24, 2.45) is 11.3 Å². The largest absolute Gasteiger partial charge is 0.389 e. The summed E-state index contributed by atoms with van der Waals surface area (Å²) in [4.78, 5) is 11.8. The van der Waals surface area contributed by atoms with Gasteiger partial charge in [-0.1, -0.05) is 19.8 Å². The molecule has 0 spiro atoms. The standard InChI is InChI=1S/C13H21ClO2/c1-9(15)11-10(14)5-8-12(2)6-3-4-7-13(11,12)16/h10-11,16H,3-8H2,1-2H3/t10-,11+,12-,13+/m1/s1. The van der Waals surface area contributed by atoms with E-state index in [1.807, 2.05) is 0 Å². The number of hydrogen-bond donors (Lipinski definition) is 1. The Morgan fingerprint density at radius 3 is 2.56 bits per heavy atom. The fraction of sp³-hybridized carbons (Fsp3) is 0.923. The molecule has 16 heavy (non-hydrogen) atoms. The van der Waals surface area contributed by atoms with Crippen LogP contribution < -0.4 is 0 Å². The number of aliphatic hydroxyl groups is 1.